The van der Waals surface area contributed by atoms with Crippen LogP contribution in [0.4, 0.5) is 0 Å². The molecule has 1 aromatic carbocycles. The number of nitrogens with zero attached hydrogens (tertiary/aromatic N) is 4. The van der Waals surface area contributed by atoms with E-state index in [2.05, 4.69) is 26.1 Å². The average Bonchev–Trinajstić information content (AvgIpc) is 3.14. The Morgan fingerprint density at radius 1 is 1.21 bits per heavy atom. The number of fused-ring (bicyclic) bond motifs is 1. The fraction of sp³-hybridized carbons (Fsp3) is 0.429. The summed E-state index contributed by atoms with van der Waals surface area (Å²) in [6, 6.07) is 8.20. The van der Waals surface area contributed by atoms with Crippen LogP contribution in [0.2, 0.25) is 0 Å². The molecule has 1 fully saturated rings. The van der Waals surface area contributed by atoms with Gasteiger partial charge in [0.15, 0.2) is 5.78 Å². The summed E-state index contributed by atoms with van der Waals surface area (Å²) in [5, 5.41) is 12.3. The summed E-state index contributed by atoms with van der Waals surface area (Å²) in [6.45, 7) is 4.27. The molecule has 146 valence electrons. The van der Waals surface area contributed by atoms with E-state index in [1.165, 1.54) is 0 Å². The Bertz CT molecular complexity index is 979. The molecule has 1 aliphatic heterocycles. The molecule has 0 amide bonds. The van der Waals surface area contributed by atoms with Crippen LogP contribution >= 0.6 is 11.3 Å². The van der Waals surface area contributed by atoms with Crippen molar-refractivity contribution in [2.45, 2.75) is 32.3 Å². The third-order valence-electron chi connectivity index (χ3n) is 5.20. The third-order valence-corrected chi connectivity index (χ3v) is 6.09. The van der Waals surface area contributed by atoms with Gasteiger partial charge in [-0.2, -0.15) is 0 Å². The predicted molar refractivity (Wildman–Crippen MR) is 111 cm³/mol. The standard InChI is InChI=1S/C21H24N4O2S/c1-14-23-24-21(28-14)15-3-4-16-12-22-18(10-17(16)9-15)11-19(26)13-25-7-5-20(27-2)6-8-25/h3-4,9-10,12,20H,5-8,11,13H2,1-2H3. The number of piperidine rings is 1. The van der Waals surface area contributed by atoms with Crippen molar-refractivity contribution in [2.75, 3.05) is 26.7 Å². The van der Waals surface area contributed by atoms with Crippen LogP contribution in [-0.4, -0.2) is 58.7 Å². The number of aryl methyl sites for hydroxylation is 1. The Hall–Kier alpha value is -2.22. The lowest BCUT2D eigenvalue weighted by Gasteiger charge is -2.30. The van der Waals surface area contributed by atoms with Gasteiger partial charge in [-0.25, -0.2) is 0 Å². The van der Waals surface area contributed by atoms with Gasteiger partial charge in [-0.1, -0.05) is 23.5 Å². The van der Waals surface area contributed by atoms with Crippen LogP contribution in [0.1, 0.15) is 23.5 Å². The zero-order valence-electron chi connectivity index (χ0n) is 16.2. The van der Waals surface area contributed by atoms with E-state index in [0.717, 1.165) is 58.0 Å². The topological polar surface area (TPSA) is 68.2 Å². The van der Waals surface area contributed by atoms with Gasteiger partial charge in [0, 0.05) is 43.0 Å². The number of pyridine rings is 1. The molecule has 4 rings (SSSR count). The Morgan fingerprint density at radius 3 is 2.75 bits per heavy atom. The number of Topliss-reactive ketones (excluding diaryl/α,β-unsaturated/α-hetero) is 1. The lowest BCUT2D eigenvalue weighted by Crippen LogP contribution is -2.39. The first-order valence-electron chi connectivity index (χ1n) is 9.57. The lowest BCUT2D eigenvalue weighted by molar-refractivity contribution is -0.120. The van der Waals surface area contributed by atoms with E-state index in [1.807, 2.05) is 31.3 Å². The molecule has 2 aromatic heterocycles. The normalized spacial score (nSPS) is 15.9. The lowest BCUT2D eigenvalue weighted by atomic mass is 10.1. The van der Waals surface area contributed by atoms with Gasteiger partial charge in [0.2, 0.25) is 0 Å². The summed E-state index contributed by atoms with van der Waals surface area (Å²) in [6.07, 6.45) is 4.52. The Morgan fingerprint density at radius 2 is 2.04 bits per heavy atom. The van der Waals surface area contributed by atoms with Crippen molar-refractivity contribution in [1.29, 1.82) is 0 Å². The van der Waals surface area contributed by atoms with Crippen molar-refractivity contribution in [3.05, 3.63) is 41.2 Å². The quantitative estimate of drug-likeness (QED) is 0.637. The maximum atomic E-state index is 12.5. The molecule has 0 spiro atoms. The first-order chi connectivity index (χ1) is 13.6. The number of aromatic nitrogens is 3. The first kappa shape index (κ1) is 19.1. The van der Waals surface area contributed by atoms with Crippen LogP contribution in [-0.2, 0) is 16.0 Å². The smallest absolute Gasteiger partial charge is 0.152 e. The van der Waals surface area contributed by atoms with Crippen LogP contribution in [0.25, 0.3) is 21.3 Å². The number of rotatable bonds is 6. The molecule has 0 aliphatic carbocycles. The number of carbonyl (C=O) groups excluding carboxylic acids is 1. The van der Waals surface area contributed by atoms with Gasteiger partial charge in [-0.15, -0.1) is 10.2 Å². The minimum Gasteiger partial charge on any atom is -0.381 e. The molecule has 28 heavy (non-hydrogen) atoms. The molecular weight excluding hydrogens is 372 g/mol. The Balaban J connectivity index is 1.44. The van der Waals surface area contributed by atoms with Gasteiger partial charge in [-0.3, -0.25) is 14.7 Å². The van der Waals surface area contributed by atoms with Crippen LogP contribution < -0.4 is 0 Å². The van der Waals surface area contributed by atoms with Crippen molar-refractivity contribution in [3.8, 4) is 10.6 Å². The zero-order chi connectivity index (χ0) is 19.5. The van der Waals surface area contributed by atoms with E-state index < -0.39 is 0 Å². The van der Waals surface area contributed by atoms with Gasteiger partial charge in [-0.05, 0) is 37.3 Å². The number of ketones is 1. The number of hydrogen-bond acceptors (Lipinski definition) is 7. The van der Waals surface area contributed by atoms with Crippen molar-refractivity contribution in [2.24, 2.45) is 0 Å². The number of hydrogen-bond donors (Lipinski definition) is 0. The first-order valence-corrected chi connectivity index (χ1v) is 10.4. The summed E-state index contributed by atoms with van der Waals surface area (Å²) in [5.41, 5.74) is 1.86. The van der Waals surface area contributed by atoms with E-state index in [9.17, 15) is 4.79 Å². The van der Waals surface area contributed by atoms with Gasteiger partial charge in [0.25, 0.3) is 0 Å². The van der Waals surface area contributed by atoms with Gasteiger partial charge < -0.3 is 4.74 Å². The summed E-state index contributed by atoms with van der Waals surface area (Å²) in [7, 11) is 1.76. The predicted octanol–water partition coefficient (Wildman–Crippen LogP) is 3.28. The second-order valence-electron chi connectivity index (χ2n) is 7.29. The largest absolute Gasteiger partial charge is 0.381 e. The van der Waals surface area contributed by atoms with Crippen LogP contribution in [0.3, 0.4) is 0 Å². The minimum atomic E-state index is 0.207. The maximum absolute atomic E-state index is 12.5. The molecule has 0 bridgehead atoms. The summed E-state index contributed by atoms with van der Waals surface area (Å²) in [4.78, 5) is 19.2. The highest BCUT2D eigenvalue weighted by atomic mass is 32.1. The van der Waals surface area contributed by atoms with Crippen LogP contribution in [0.5, 0.6) is 0 Å². The molecule has 0 atom stereocenters. The average molecular weight is 397 g/mol. The molecule has 1 aliphatic rings. The van der Waals surface area contributed by atoms with E-state index >= 15 is 0 Å². The van der Waals surface area contributed by atoms with Crippen molar-refractivity contribution in [3.63, 3.8) is 0 Å². The number of ether oxygens (including phenoxy) is 1. The molecule has 6 nitrogen and oxygen atoms in total. The second kappa shape index (κ2) is 8.43. The molecule has 3 aromatic rings. The summed E-state index contributed by atoms with van der Waals surface area (Å²) < 4.78 is 5.39. The highest BCUT2D eigenvalue weighted by Gasteiger charge is 2.20. The number of carbonyl (C=O) groups is 1. The fourth-order valence-corrected chi connectivity index (χ4v) is 4.33. The van der Waals surface area contributed by atoms with Crippen LogP contribution in [0.15, 0.2) is 30.5 Å². The molecule has 0 saturated carbocycles. The van der Waals surface area contributed by atoms with Gasteiger partial charge in [0.1, 0.15) is 10.0 Å². The SMILES string of the molecule is COC1CCN(CC(=O)Cc2cc3cc(-c4nnc(C)s4)ccc3cn2)CC1. The Kier molecular flexibility index (Phi) is 5.75. The van der Waals surface area contributed by atoms with Crippen molar-refractivity contribution in [1.82, 2.24) is 20.1 Å². The van der Waals surface area contributed by atoms with E-state index in [0.29, 0.717) is 19.1 Å². The molecule has 0 unspecified atom stereocenters. The number of benzene rings is 1. The summed E-state index contributed by atoms with van der Waals surface area (Å²) >= 11 is 1.58. The van der Waals surface area contributed by atoms with E-state index in [1.54, 1.807) is 18.4 Å². The Labute approximate surface area is 168 Å². The minimum absolute atomic E-state index is 0.207. The molecule has 7 heteroatoms. The number of likely N-dealkylation sites (tertiary alicyclic amines) is 1. The van der Waals surface area contributed by atoms with Crippen molar-refractivity contribution < 1.29 is 9.53 Å². The van der Waals surface area contributed by atoms with Crippen molar-refractivity contribution >= 4 is 27.9 Å². The second-order valence-corrected chi connectivity index (χ2v) is 8.47. The van der Waals surface area contributed by atoms with Crippen LogP contribution in [0, 0.1) is 6.92 Å². The highest BCUT2D eigenvalue weighted by molar-refractivity contribution is 7.14. The molecule has 0 radical (unpaired) electrons. The van der Waals surface area contributed by atoms with E-state index in [-0.39, 0.29) is 5.78 Å². The molecule has 1 saturated heterocycles. The molecule has 0 N–H and O–H groups in total. The molecular formula is C21H24N4O2S. The fourth-order valence-electron chi connectivity index (χ4n) is 3.64. The zero-order valence-corrected chi connectivity index (χ0v) is 17.0. The van der Waals surface area contributed by atoms with Gasteiger partial charge in [0.05, 0.1) is 19.1 Å². The number of methoxy groups -OCH3 is 1. The maximum Gasteiger partial charge on any atom is 0.152 e. The highest BCUT2D eigenvalue weighted by Crippen LogP contribution is 2.27. The van der Waals surface area contributed by atoms with E-state index in [4.69, 9.17) is 4.74 Å². The third kappa shape index (κ3) is 4.43. The molecule has 3 heterocycles. The summed E-state index contributed by atoms with van der Waals surface area (Å²) in [5.74, 6) is 0.207. The monoisotopic (exact) mass is 396 g/mol. The van der Waals surface area contributed by atoms with Gasteiger partial charge >= 0.3 is 0 Å².